The molecule has 2 aromatic carbocycles. The van der Waals surface area contributed by atoms with E-state index in [4.69, 9.17) is 4.74 Å². The zero-order valence-electron chi connectivity index (χ0n) is 21.0. The molecule has 6 nitrogen and oxygen atoms in total. The molecule has 0 spiro atoms. The van der Waals surface area contributed by atoms with E-state index < -0.39 is 0 Å². The molecule has 0 aliphatic carbocycles. The van der Waals surface area contributed by atoms with Gasteiger partial charge in [-0.15, -0.1) is 11.3 Å². The maximum atomic E-state index is 13.5. The van der Waals surface area contributed by atoms with E-state index >= 15 is 0 Å². The summed E-state index contributed by atoms with van der Waals surface area (Å²) in [7, 11) is 1.63. The summed E-state index contributed by atoms with van der Waals surface area (Å²) in [4.78, 5) is 32.5. The summed E-state index contributed by atoms with van der Waals surface area (Å²) in [6.07, 6.45) is 0.646. The first-order valence-corrected chi connectivity index (χ1v) is 12.7. The van der Waals surface area contributed by atoms with Crippen molar-refractivity contribution >= 4 is 29.0 Å². The van der Waals surface area contributed by atoms with Gasteiger partial charge in [0, 0.05) is 42.2 Å². The summed E-state index contributed by atoms with van der Waals surface area (Å²) < 4.78 is 5.18. The second-order valence-electron chi connectivity index (χ2n) is 8.74. The van der Waals surface area contributed by atoms with Crippen molar-refractivity contribution in [2.24, 2.45) is 0 Å². The van der Waals surface area contributed by atoms with Gasteiger partial charge in [-0.05, 0) is 68.1 Å². The summed E-state index contributed by atoms with van der Waals surface area (Å²) >= 11 is 1.69. The Morgan fingerprint density at radius 3 is 2.34 bits per heavy atom. The van der Waals surface area contributed by atoms with Gasteiger partial charge in [0.1, 0.15) is 6.54 Å². The van der Waals surface area contributed by atoms with Crippen LogP contribution in [0.2, 0.25) is 0 Å². The molecule has 3 aromatic rings. The first-order valence-electron chi connectivity index (χ1n) is 11.8. The third-order valence-corrected chi connectivity index (χ3v) is 6.85. The first kappa shape index (κ1) is 26.4. The summed E-state index contributed by atoms with van der Waals surface area (Å²) in [6.45, 7) is 8.05. The van der Waals surface area contributed by atoms with Crippen molar-refractivity contribution in [2.45, 2.75) is 40.3 Å². The Hall–Kier alpha value is -3.16. The fourth-order valence-corrected chi connectivity index (χ4v) is 4.64. The van der Waals surface area contributed by atoms with Gasteiger partial charge in [-0.25, -0.2) is 4.79 Å². The third kappa shape index (κ3) is 8.23. The Kier molecular flexibility index (Phi) is 9.87. The van der Waals surface area contributed by atoms with Crippen LogP contribution in [0.15, 0.2) is 60.7 Å². The number of carbonyl (C=O) groups is 2. The highest BCUT2D eigenvalue weighted by Crippen LogP contribution is 2.19. The predicted octanol–water partition coefficient (Wildman–Crippen LogP) is 5.77. The molecule has 3 rings (SSSR count). The number of hydrogen-bond donors (Lipinski definition) is 1. The van der Waals surface area contributed by atoms with Gasteiger partial charge in [-0.3, -0.25) is 4.79 Å². The highest BCUT2D eigenvalue weighted by Gasteiger charge is 2.22. The number of benzene rings is 2. The molecule has 0 fully saturated rings. The van der Waals surface area contributed by atoms with Gasteiger partial charge < -0.3 is 19.9 Å². The minimum absolute atomic E-state index is 0.00240. The monoisotopic (exact) mass is 493 g/mol. The Bertz CT molecular complexity index is 1110. The normalized spacial score (nSPS) is 10.7. The number of amides is 3. The van der Waals surface area contributed by atoms with E-state index in [-0.39, 0.29) is 18.5 Å². The van der Waals surface area contributed by atoms with E-state index in [9.17, 15) is 9.59 Å². The van der Waals surface area contributed by atoms with Crippen molar-refractivity contribution in [1.82, 2.24) is 9.80 Å². The highest BCUT2D eigenvalue weighted by molar-refractivity contribution is 7.11. The van der Waals surface area contributed by atoms with E-state index in [2.05, 4.69) is 24.4 Å². The summed E-state index contributed by atoms with van der Waals surface area (Å²) in [5.74, 6) is -0.0902. The largest absolute Gasteiger partial charge is 0.385 e. The smallest absolute Gasteiger partial charge is 0.322 e. The van der Waals surface area contributed by atoms with Crippen LogP contribution in [0.5, 0.6) is 0 Å². The number of aryl methyl sites for hydroxylation is 3. The Balaban J connectivity index is 1.76. The van der Waals surface area contributed by atoms with E-state index in [1.165, 1.54) is 4.88 Å². The molecule has 0 aliphatic heterocycles. The number of nitrogens with one attached hydrogen (secondary N) is 1. The number of ether oxygens (including phenoxy) is 1. The highest BCUT2D eigenvalue weighted by atomic mass is 32.1. The molecule has 186 valence electrons. The molecule has 0 unspecified atom stereocenters. The first-order chi connectivity index (χ1) is 16.9. The number of carbonyl (C=O) groups excluding carboxylic acids is 2. The molecule has 7 heteroatoms. The van der Waals surface area contributed by atoms with Crippen molar-refractivity contribution in [1.29, 1.82) is 0 Å². The SMILES string of the molecule is COCCCN(CC(=O)N(Cc1ccccc1)Cc1ccc(C)s1)C(=O)Nc1ccc(C)c(C)c1. The second-order valence-corrected chi connectivity index (χ2v) is 10.1. The van der Waals surface area contributed by atoms with Crippen molar-refractivity contribution < 1.29 is 14.3 Å². The molecule has 35 heavy (non-hydrogen) atoms. The number of rotatable bonds is 11. The summed E-state index contributed by atoms with van der Waals surface area (Å²) in [5.41, 5.74) is 4.04. The van der Waals surface area contributed by atoms with E-state index in [1.807, 2.05) is 67.3 Å². The van der Waals surface area contributed by atoms with Crippen LogP contribution in [0.3, 0.4) is 0 Å². The van der Waals surface area contributed by atoms with Crippen LogP contribution in [0.1, 0.15) is 32.9 Å². The molecule has 1 aromatic heterocycles. The molecule has 0 aliphatic rings. The number of nitrogens with zero attached hydrogens (tertiary/aromatic N) is 2. The van der Waals surface area contributed by atoms with E-state index in [0.29, 0.717) is 32.7 Å². The fourth-order valence-electron chi connectivity index (χ4n) is 3.73. The Morgan fingerprint density at radius 1 is 0.914 bits per heavy atom. The van der Waals surface area contributed by atoms with Gasteiger partial charge in [0.05, 0.1) is 6.54 Å². The van der Waals surface area contributed by atoms with Crippen molar-refractivity contribution in [3.63, 3.8) is 0 Å². The van der Waals surface area contributed by atoms with Crippen LogP contribution in [-0.4, -0.2) is 48.5 Å². The predicted molar refractivity (Wildman–Crippen MR) is 143 cm³/mol. The van der Waals surface area contributed by atoms with Crippen LogP contribution in [0.25, 0.3) is 0 Å². The molecule has 1 heterocycles. The molecule has 1 N–H and O–H groups in total. The lowest BCUT2D eigenvalue weighted by atomic mass is 10.1. The van der Waals surface area contributed by atoms with Crippen molar-refractivity contribution in [2.75, 3.05) is 32.1 Å². The third-order valence-electron chi connectivity index (χ3n) is 5.86. The molecule has 0 saturated carbocycles. The van der Waals surface area contributed by atoms with Gasteiger partial charge in [-0.2, -0.15) is 0 Å². The lowest BCUT2D eigenvalue weighted by molar-refractivity contribution is -0.133. The van der Waals surface area contributed by atoms with Crippen LogP contribution in [0, 0.1) is 20.8 Å². The zero-order chi connectivity index (χ0) is 25.2. The van der Waals surface area contributed by atoms with Gasteiger partial charge in [-0.1, -0.05) is 36.4 Å². The summed E-state index contributed by atoms with van der Waals surface area (Å²) in [5, 5.41) is 2.96. The lowest BCUT2D eigenvalue weighted by Crippen LogP contribution is -2.44. The number of thiophene rings is 1. The minimum atomic E-state index is -0.288. The number of anilines is 1. The van der Waals surface area contributed by atoms with Gasteiger partial charge in [0.25, 0.3) is 0 Å². The van der Waals surface area contributed by atoms with Gasteiger partial charge in [0.2, 0.25) is 5.91 Å². The van der Waals surface area contributed by atoms with Crippen LogP contribution in [-0.2, 0) is 22.6 Å². The topological polar surface area (TPSA) is 61.9 Å². The zero-order valence-corrected chi connectivity index (χ0v) is 21.9. The standard InChI is InChI=1S/C28H35N3O3S/c1-21-11-13-25(17-22(21)2)29-28(33)30(15-8-16-34-4)20-27(32)31(18-24-9-6-5-7-10-24)19-26-14-12-23(3)35-26/h5-7,9-14,17H,8,15-16,18-20H2,1-4H3,(H,29,33). The second kappa shape index (κ2) is 13.1. The van der Waals surface area contributed by atoms with Gasteiger partial charge in [0.15, 0.2) is 0 Å². The molecule has 3 amide bonds. The fraction of sp³-hybridized carbons (Fsp3) is 0.357. The Morgan fingerprint density at radius 2 is 1.69 bits per heavy atom. The average Bonchev–Trinajstić information content (AvgIpc) is 3.25. The van der Waals surface area contributed by atoms with Crippen LogP contribution >= 0.6 is 11.3 Å². The molecule has 0 atom stereocenters. The number of hydrogen-bond acceptors (Lipinski definition) is 4. The van der Waals surface area contributed by atoms with Crippen LogP contribution < -0.4 is 5.32 Å². The minimum Gasteiger partial charge on any atom is -0.385 e. The lowest BCUT2D eigenvalue weighted by Gasteiger charge is -2.28. The maximum absolute atomic E-state index is 13.5. The maximum Gasteiger partial charge on any atom is 0.322 e. The van der Waals surface area contributed by atoms with Crippen LogP contribution in [0.4, 0.5) is 10.5 Å². The number of urea groups is 1. The van der Waals surface area contributed by atoms with E-state index in [0.717, 1.165) is 27.3 Å². The quantitative estimate of drug-likeness (QED) is 0.345. The molecule has 0 bridgehead atoms. The van der Waals surface area contributed by atoms with Crippen molar-refractivity contribution in [3.05, 3.63) is 87.1 Å². The average molecular weight is 494 g/mol. The van der Waals surface area contributed by atoms with Crippen molar-refractivity contribution in [3.8, 4) is 0 Å². The van der Waals surface area contributed by atoms with Gasteiger partial charge >= 0.3 is 6.03 Å². The molecule has 0 saturated heterocycles. The van der Waals surface area contributed by atoms with E-state index in [1.54, 1.807) is 23.3 Å². The molecular formula is C28H35N3O3S. The Labute approximate surface area is 212 Å². The number of methoxy groups -OCH3 is 1. The molecule has 0 radical (unpaired) electrons. The summed E-state index contributed by atoms with van der Waals surface area (Å²) in [6, 6.07) is 19.6. The molecular weight excluding hydrogens is 458 g/mol.